The molecule has 1 aromatic carbocycles. The molecular formula is C6H8N2NaO2S. The van der Waals surface area contributed by atoms with Crippen LogP contribution in [-0.4, -0.2) is 38.0 Å². The summed E-state index contributed by atoms with van der Waals surface area (Å²) in [5, 5.41) is 0. The van der Waals surface area contributed by atoms with Crippen molar-refractivity contribution in [1.82, 2.24) is 4.83 Å². The van der Waals surface area contributed by atoms with Crippen molar-refractivity contribution in [3.63, 3.8) is 0 Å². The zero-order chi connectivity index (χ0) is 8.32. The van der Waals surface area contributed by atoms with Crippen molar-refractivity contribution in [2.24, 2.45) is 5.84 Å². The smallest absolute Gasteiger partial charge is 0.253 e. The van der Waals surface area contributed by atoms with E-state index in [-0.39, 0.29) is 34.5 Å². The average Bonchev–Trinajstić information content (AvgIpc) is 2.06. The Labute approximate surface area is 93.5 Å². The van der Waals surface area contributed by atoms with Crippen LogP contribution in [0, 0.1) is 0 Å². The maximum Gasteiger partial charge on any atom is 0.253 e. The van der Waals surface area contributed by atoms with Gasteiger partial charge in [0, 0.05) is 29.6 Å². The molecule has 0 heterocycles. The summed E-state index contributed by atoms with van der Waals surface area (Å²) in [5.41, 5.74) is 0. The molecule has 0 aromatic heterocycles. The van der Waals surface area contributed by atoms with Gasteiger partial charge in [0.2, 0.25) is 0 Å². The van der Waals surface area contributed by atoms with Crippen molar-refractivity contribution >= 4 is 39.6 Å². The summed E-state index contributed by atoms with van der Waals surface area (Å²) < 4.78 is 21.9. The molecule has 0 saturated carbocycles. The summed E-state index contributed by atoms with van der Waals surface area (Å²) in [7, 11) is -3.47. The second-order valence-electron chi connectivity index (χ2n) is 1.93. The van der Waals surface area contributed by atoms with E-state index in [0.29, 0.717) is 0 Å². The van der Waals surface area contributed by atoms with Gasteiger partial charge in [0.15, 0.2) is 0 Å². The van der Waals surface area contributed by atoms with Gasteiger partial charge < -0.3 is 0 Å². The summed E-state index contributed by atoms with van der Waals surface area (Å²) in [6.07, 6.45) is 0. The van der Waals surface area contributed by atoms with Gasteiger partial charge in [0.05, 0.1) is 4.90 Å². The maximum absolute atomic E-state index is 11.0. The van der Waals surface area contributed by atoms with Crippen LogP contribution in [-0.2, 0) is 10.0 Å². The number of nitrogens with one attached hydrogen (secondary N) is 1. The summed E-state index contributed by atoms with van der Waals surface area (Å²) in [4.78, 5) is 1.90. The molecule has 0 atom stereocenters. The van der Waals surface area contributed by atoms with Gasteiger partial charge in [0.25, 0.3) is 10.0 Å². The third-order valence-corrected chi connectivity index (χ3v) is 2.41. The van der Waals surface area contributed by atoms with Gasteiger partial charge in [-0.05, 0) is 12.1 Å². The molecule has 61 valence electrons. The van der Waals surface area contributed by atoms with Gasteiger partial charge in [-0.1, -0.05) is 18.2 Å². The minimum Gasteiger partial charge on any atom is -0.257 e. The second kappa shape index (κ2) is 4.96. The van der Waals surface area contributed by atoms with Crippen molar-refractivity contribution in [2.75, 3.05) is 0 Å². The average molecular weight is 195 g/mol. The Morgan fingerprint density at radius 1 is 1.17 bits per heavy atom. The van der Waals surface area contributed by atoms with E-state index in [4.69, 9.17) is 5.84 Å². The molecule has 0 bridgehead atoms. The largest absolute Gasteiger partial charge is 0.257 e. The number of sulfonamides is 1. The summed E-state index contributed by atoms with van der Waals surface area (Å²) >= 11 is 0. The van der Waals surface area contributed by atoms with E-state index in [0.717, 1.165) is 0 Å². The topological polar surface area (TPSA) is 72.2 Å². The molecule has 0 aliphatic carbocycles. The van der Waals surface area contributed by atoms with E-state index in [1.54, 1.807) is 23.0 Å². The number of hydrogen-bond donors (Lipinski definition) is 2. The van der Waals surface area contributed by atoms with E-state index >= 15 is 0 Å². The first-order valence-corrected chi connectivity index (χ1v) is 4.42. The van der Waals surface area contributed by atoms with Crippen LogP contribution in [0.25, 0.3) is 0 Å². The van der Waals surface area contributed by atoms with Crippen LogP contribution >= 0.6 is 0 Å². The van der Waals surface area contributed by atoms with E-state index in [1.807, 2.05) is 0 Å². The minimum atomic E-state index is -3.47. The molecule has 3 N–H and O–H groups in total. The summed E-state index contributed by atoms with van der Waals surface area (Å²) in [5.74, 6) is 4.80. The van der Waals surface area contributed by atoms with Crippen LogP contribution in [0.3, 0.4) is 0 Å². The van der Waals surface area contributed by atoms with Crippen molar-refractivity contribution in [2.45, 2.75) is 4.90 Å². The molecule has 6 heteroatoms. The maximum atomic E-state index is 11.0. The van der Waals surface area contributed by atoms with Crippen LogP contribution < -0.4 is 10.7 Å². The predicted octanol–water partition coefficient (Wildman–Crippen LogP) is -0.542. The first-order valence-electron chi connectivity index (χ1n) is 2.94. The molecule has 0 fully saturated rings. The fourth-order valence-corrected chi connectivity index (χ4v) is 1.32. The zero-order valence-electron chi connectivity index (χ0n) is 6.69. The summed E-state index contributed by atoms with van der Waals surface area (Å²) in [6.45, 7) is 0. The van der Waals surface area contributed by atoms with Crippen molar-refractivity contribution in [1.29, 1.82) is 0 Å². The molecule has 1 radical (unpaired) electrons. The quantitative estimate of drug-likeness (QED) is 0.378. The first kappa shape index (κ1) is 12.1. The molecular weight excluding hydrogens is 187 g/mol. The van der Waals surface area contributed by atoms with E-state index < -0.39 is 10.0 Å². The minimum absolute atomic E-state index is 0. The zero-order valence-corrected chi connectivity index (χ0v) is 9.51. The Kier molecular flexibility index (Phi) is 5.00. The molecule has 0 aliphatic rings. The SMILES string of the molecule is NNS(=O)(=O)c1ccccc1.[Na]. The van der Waals surface area contributed by atoms with Crippen molar-refractivity contribution < 1.29 is 8.42 Å². The molecule has 4 nitrogen and oxygen atoms in total. The van der Waals surface area contributed by atoms with Crippen LogP contribution in [0.15, 0.2) is 35.2 Å². The number of nitrogens with two attached hydrogens (primary N) is 1. The normalized spacial score (nSPS) is 10.4. The Morgan fingerprint density at radius 3 is 2.08 bits per heavy atom. The first-order chi connectivity index (χ1) is 5.17. The third kappa shape index (κ3) is 2.85. The third-order valence-electron chi connectivity index (χ3n) is 1.21. The Hall–Kier alpha value is 0.0900. The molecule has 0 aliphatic heterocycles. The fourth-order valence-electron chi connectivity index (χ4n) is 0.668. The van der Waals surface area contributed by atoms with Gasteiger partial charge in [-0.3, -0.25) is 5.84 Å². The molecule has 1 aromatic rings. The number of hydrogen-bond acceptors (Lipinski definition) is 3. The monoisotopic (exact) mass is 195 g/mol. The fraction of sp³-hybridized carbons (Fsp3) is 0. The molecule has 0 amide bonds. The van der Waals surface area contributed by atoms with Crippen LogP contribution in [0.5, 0.6) is 0 Å². The molecule has 0 saturated heterocycles. The van der Waals surface area contributed by atoms with Crippen LogP contribution in [0.1, 0.15) is 0 Å². The number of rotatable bonds is 2. The second-order valence-corrected chi connectivity index (χ2v) is 3.65. The molecule has 1 rings (SSSR count). The van der Waals surface area contributed by atoms with E-state index in [1.165, 1.54) is 12.1 Å². The van der Waals surface area contributed by atoms with Gasteiger partial charge in [0.1, 0.15) is 0 Å². The summed E-state index contributed by atoms with van der Waals surface area (Å²) in [6, 6.07) is 7.92. The van der Waals surface area contributed by atoms with E-state index in [9.17, 15) is 8.42 Å². The molecule has 12 heavy (non-hydrogen) atoms. The van der Waals surface area contributed by atoms with Gasteiger partial charge in [-0.25, -0.2) is 8.42 Å². The van der Waals surface area contributed by atoms with Gasteiger partial charge >= 0.3 is 0 Å². The van der Waals surface area contributed by atoms with E-state index in [2.05, 4.69) is 0 Å². The Bertz CT molecular complexity index is 325. The van der Waals surface area contributed by atoms with Crippen molar-refractivity contribution in [3.8, 4) is 0 Å². The Balaban J connectivity index is 0.00000121. The molecule has 0 unspecified atom stereocenters. The van der Waals surface area contributed by atoms with Gasteiger partial charge in [-0.2, -0.15) is 4.83 Å². The standard InChI is InChI=1S/C6H8N2O2S.Na/c7-8-11(9,10)6-4-2-1-3-5-6;/h1-5,8H,7H2;. The number of hydrazine groups is 1. The Morgan fingerprint density at radius 2 is 1.67 bits per heavy atom. The molecule has 0 spiro atoms. The van der Waals surface area contributed by atoms with Crippen molar-refractivity contribution in [3.05, 3.63) is 30.3 Å². The number of benzene rings is 1. The predicted molar refractivity (Wildman–Crippen MR) is 46.7 cm³/mol. The van der Waals surface area contributed by atoms with Crippen LogP contribution in [0.4, 0.5) is 0 Å². The van der Waals surface area contributed by atoms with Gasteiger partial charge in [-0.15, -0.1) is 0 Å². The van der Waals surface area contributed by atoms with Crippen LogP contribution in [0.2, 0.25) is 0 Å².